The van der Waals surface area contributed by atoms with E-state index in [1.807, 2.05) is 83.1 Å². The SMILES string of the molecule is CCC(c1cc(C(C)(C)C)c(O)c(C(C)(C)C)c1)P(=O)([O-])[O-].CCC(c1cc(C(C)(C)C)c(O)c(C(C)(C)C)c1)P(=O)([O-])[O-].[Zn+2].[Zn+2]. The van der Waals surface area contributed by atoms with E-state index in [0.717, 1.165) is 0 Å². The molecule has 0 saturated carbocycles. The predicted molar refractivity (Wildman–Crippen MR) is 172 cm³/mol. The fourth-order valence-electron chi connectivity index (χ4n) is 5.27. The van der Waals surface area contributed by atoms with E-state index in [1.165, 1.54) is 0 Å². The Balaban J connectivity index is 0. The van der Waals surface area contributed by atoms with Gasteiger partial charge in [0, 0.05) is 11.3 Å². The number of phenolic OH excluding ortho intramolecular Hbond substituents is 2. The van der Waals surface area contributed by atoms with Crippen LogP contribution in [0.3, 0.4) is 0 Å². The summed E-state index contributed by atoms with van der Waals surface area (Å²) in [6.45, 7) is 26.8. The molecule has 0 spiro atoms. The van der Waals surface area contributed by atoms with Gasteiger partial charge in [0.25, 0.3) is 0 Å². The van der Waals surface area contributed by atoms with Crippen LogP contribution in [0.25, 0.3) is 0 Å². The van der Waals surface area contributed by atoms with E-state index in [4.69, 9.17) is 0 Å². The fraction of sp³-hybridized carbons (Fsp3) is 0.647. The third-order valence-electron chi connectivity index (χ3n) is 7.80. The molecule has 0 saturated heterocycles. The van der Waals surface area contributed by atoms with Crippen molar-refractivity contribution in [2.24, 2.45) is 0 Å². The molecule has 0 aromatic heterocycles. The molecule has 0 aliphatic heterocycles. The second-order valence-corrected chi connectivity index (χ2v) is 19.3. The summed E-state index contributed by atoms with van der Waals surface area (Å²) in [6, 6.07) is 6.67. The van der Waals surface area contributed by atoms with Crippen molar-refractivity contribution in [3.05, 3.63) is 57.6 Å². The van der Waals surface area contributed by atoms with Gasteiger partial charge in [0.05, 0.1) is 0 Å². The molecule has 2 N–H and O–H groups in total. The molecule has 2 rings (SSSR count). The van der Waals surface area contributed by atoms with Gasteiger partial charge in [-0.3, -0.25) is 0 Å². The Kier molecular flexibility index (Phi) is 17.1. The largest absolute Gasteiger partial charge is 2.00 e. The van der Waals surface area contributed by atoms with Gasteiger partial charge in [-0.15, -0.1) is 0 Å². The summed E-state index contributed by atoms with van der Waals surface area (Å²) >= 11 is 0. The Morgan fingerprint density at radius 3 is 0.804 bits per heavy atom. The third-order valence-corrected chi connectivity index (χ3v) is 10.7. The summed E-state index contributed by atoms with van der Waals surface area (Å²) in [7, 11) is -9.48. The number of phenols is 2. The van der Waals surface area contributed by atoms with Crippen LogP contribution in [0.5, 0.6) is 11.5 Å². The van der Waals surface area contributed by atoms with Gasteiger partial charge in [0.15, 0.2) is 0 Å². The molecule has 252 valence electrons. The van der Waals surface area contributed by atoms with Crippen molar-refractivity contribution in [3.63, 3.8) is 0 Å². The summed E-state index contributed by atoms with van der Waals surface area (Å²) < 4.78 is 23.2. The quantitative estimate of drug-likeness (QED) is 0.241. The van der Waals surface area contributed by atoms with Crippen LogP contribution >= 0.6 is 15.2 Å². The van der Waals surface area contributed by atoms with Crippen LogP contribution in [0.1, 0.15) is 154 Å². The first-order valence-electron chi connectivity index (χ1n) is 15.2. The van der Waals surface area contributed by atoms with Crippen LogP contribution in [0.4, 0.5) is 0 Å². The van der Waals surface area contributed by atoms with Crippen molar-refractivity contribution in [2.45, 2.75) is 143 Å². The van der Waals surface area contributed by atoms with Crippen LogP contribution in [-0.4, -0.2) is 10.2 Å². The van der Waals surface area contributed by atoms with E-state index < -0.39 is 26.5 Å². The standard InChI is InChI=1S/2C17H29O4P.2Zn/c2*1-8-14(22(19,20)21)11-9-12(16(2,3)4)15(18)13(10-11)17(5,6)7;;/h2*9-10,14,18H,8H2,1-7H3,(H2,19,20,21);;/q;;2*+2/p-4. The zero-order valence-corrected chi connectivity index (χ0v) is 38.3. The molecule has 2 atom stereocenters. The van der Waals surface area contributed by atoms with Gasteiger partial charge in [-0.25, -0.2) is 0 Å². The van der Waals surface area contributed by atoms with E-state index in [1.54, 1.807) is 38.1 Å². The second-order valence-electron chi connectivity index (χ2n) is 15.9. The molecular weight excluding hydrogens is 729 g/mol. The van der Waals surface area contributed by atoms with Crippen LogP contribution in [0.2, 0.25) is 0 Å². The van der Waals surface area contributed by atoms with Crippen molar-refractivity contribution in [2.75, 3.05) is 0 Å². The first kappa shape index (κ1) is 47.7. The normalized spacial score (nSPS) is 14.3. The van der Waals surface area contributed by atoms with Crippen LogP contribution in [0, 0.1) is 0 Å². The van der Waals surface area contributed by atoms with Crippen molar-refractivity contribution in [1.29, 1.82) is 0 Å². The van der Waals surface area contributed by atoms with Gasteiger partial charge in [0.1, 0.15) is 11.5 Å². The fourth-order valence-corrected chi connectivity index (χ4v) is 7.19. The molecule has 0 aliphatic rings. The van der Waals surface area contributed by atoms with Gasteiger partial charge in [-0.2, -0.15) is 0 Å². The molecule has 0 radical (unpaired) electrons. The number of aromatic hydroxyl groups is 2. The van der Waals surface area contributed by atoms with Gasteiger partial charge in [-0.05, 0) is 67.9 Å². The smallest absolute Gasteiger partial charge is 0.810 e. The number of hydrogen-bond acceptors (Lipinski definition) is 8. The Bertz CT molecular complexity index is 1220. The van der Waals surface area contributed by atoms with E-state index in [0.29, 0.717) is 33.4 Å². The molecule has 2 unspecified atom stereocenters. The van der Waals surface area contributed by atoms with Crippen LogP contribution < -0.4 is 19.6 Å². The van der Waals surface area contributed by atoms with E-state index in [-0.39, 0.29) is 85.0 Å². The summed E-state index contributed by atoms with van der Waals surface area (Å²) in [5.41, 5.74) is 0.0924. The minimum absolute atomic E-state index is 0. The Labute approximate surface area is 303 Å². The second kappa shape index (κ2) is 16.5. The minimum Gasteiger partial charge on any atom is -0.810 e. The maximum atomic E-state index is 11.6. The molecule has 2 aromatic rings. The van der Waals surface area contributed by atoms with Gasteiger partial charge >= 0.3 is 39.0 Å². The molecule has 0 heterocycles. The number of benzene rings is 2. The van der Waals surface area contributed by atoms with E-state index in [2.05, 4.69) is 0 Å². The third kappa shape index (κ3) is 12.5. The van der Waals surface area contributed by atoms with Gasteiger partial charge in [-0.1, -0.05) is 136 Å². The van der Waals surface area contributed by atoms with Crippen molar-refractivity contribution < 1.29 is 77.9 Å². The summed E-state index contributed by atoms with van der Waals surface area (Å²) in [6.07, 6.45) is 0.449. The zero-order valence-electron chi connectivity index (χ0n) is 30.5. The zero-order chi connectivity index (χ0) is 35.0. The number of rotatable bonds is 6. The molecule has 46 heavy (non-hydrogen) atoms. The maximum Gasteiger partial charge on any atom is 2.00 e. The van der Waals surface area contributed by atoms with Crippen molar-refractivity contribution in [1.82, 2.24) is 0 Å². The van der Waals surface area contributed by atoms with Crippen molar-refractivity contribution >= 4 is 15.2 Å². The Hall–Kier alpha value is -0.413. The molecule has 0 amide bonds. The van der Waals surface area contributed by atoms with Crippen LogP contribution in [0.15, 0.2) is 24.3 Å². The van der Waals surface area contributed by atoms with E-state index in [9.17, 15) is 38.9 Å². The topological polar surface area (TPSA) is 167 Å². The molecule has 2 aromatic carbocycles. The number of hydrogen-bond donors (Lipinski definition) is 2. The minimum atomic E-state index is -4.74. The van der Waals surface area contributed by atoms with Crippen LogP contribution in [-0.2, 0) is 69.7 Å². The molecule has 8 nitrogen and oxygen atoms in total. The molecule has 0 aliphatic carbocycles. The molecular formula is C34H54O8P2Zn2. The first-order valence-corrected chi connectivity index (χ1v) is 18.4. The molecule has 0 fully saturated rings. The Morgan fingerprint density at radius 2 is 0.696 bits per heavy atom. The average molecular weight is 784 g/mol. The Morgan fingerprint density at radius 1 is 0.522 bits per heavy atom. The molecule has 12 heteroatoms. The van der Waals surface area contributed by atoms with E-state index >= 15 is 0 Å². The first-order chi connectivity index (χ1) is 19.4. The molecule has 0 bridgehead atoms. The van der Waals surface area contributed by atoms with Gasteiger partial charge < -0.3 is 38.9 Å². The summed E-state index contributed by atoms with van der Waals surface area (Å²) in [4.78, 5) is 46.3. The average Bonchev–Trinajstić information content (AvgIpc) is 2.77. The monoisotopic (exact) mass is 780 g/mol. The summed E-state index contributed by atoms with van der Waals surface area (Å²) in [5, 5.41) is 21.2. The van der Waals surface area contributed by atoms with Crippen molar-refractivity contribution in [3.8, 4) is 11.5 Å². The predicted octanol–water partition coefficient (Wildman–Crippen LogP) is 6.70. The summed E-state index contributed by atoms with van der Waals surface area (Å²) in [5.74, 6) is 0.371. The maximum absolute atomic E-state index is 11.6. The van der Waals surface area contributed by atoms with Gasteiger partial charge in [0.2, 0.25) is 0 Å².